The van der Waals surface area contributed by atoms with Gasteiger partial charge < -0.3 is 9.73 Å². The molecule has 0 saturated heterocycles. The van der Waals surface area contributed by atoms with Gasteiger partial charge in [0.05, 0.1) is 11.6 Å². The predicted octanol–water partition coefficient (Wildman–Crippen LogP) is 4.96. The van der Waals surface area contributed by atoms with Crippen LogP contribution in [0.4, 0.5) is 5.69 Å². The first kappa shape index (κ1) is 13.0. The van der Waals surface area contributed by atoms with Gasteiger partial charge in [-0.05, 0) is 50.2 Å². The molecule has 3 rings (SSSR count). The lowest BCUT2D eigenvalue weighted by atomic mass is 10.1. The SMILES string of the molecule is Cc1ccc(C(C)Nc2ccnc3cc(Cl)ccc23)o1. The molecule has 4 heteroatoms. The first-order valence-electron chi connectivity index (χ1n) is 6.50. The van der Waals surface area contributed by atoms with Crippen molar-refractivity contribution in [3.8, 4) is 0 Å². The quantitative estimate of drug-likeness (QED) is 0.739. The first-order chi connectivity index (χ1) is 9.63. The molecule has 1 N–H and O–H groups in total. The van der Waals surface area contributed by atoms with Crippen molar-refractivity contribution in [2.75, 3.05) is 5.32 Å². The van der Waals surface area contributed by atoms with Crippen LogP contribution in [-0.2, 0) is 0 Å². The summed E-state index contributed by atoms with van der Waals surface area (Å²) in [7, 11) is 0. The molecule has 3 nitrogen and oxygen atoms in total. The minimum Gasteiger partial charge on any atom is -0.464 e. The number of benzene rings is 1. The second-order valence-corrected chi connectivity index (χ2v) is 5.27. The number of nitrogens with zero attached hydrogens (tertiary/aromatic N) is 1. The average molecular weight is 287 g/mol. The summed E-state index contributed by atoms with van der Waals surface area (Å²) in [6, 6.07) is 11.7. The maximum atomic E-state index is 6.00. The third kappa shape index (κ3) is 2.49. The Labute approximate surface area is 122 Å². The number of hydrogen-bond donors (Lipinski definition) is 1. The van der Waals surface area contributed by atoms with Gasteiger partial charge in [0.15, 0.2) is 0 Å². The summed E-state index contributed by atoms with van der Waals surface area (Å²) in [6.45, 7) is 4.01. The van der Waals surface area contributed by atoms with Crippen molar-refractivity contribution in [1.82, 2.24) is 4.98 Å². The van der Waals surface area contributed by atoms with E-state index in [0.29, 0.717) is 5.02 Å². The molecule has 0 aliphatic heterocycles. The fourth-order valence-corrected chi connectivity index (χ4v) is 2.40. The Bertz CT molecular complexity index is 751. The topological polar surface area (TPSA) is 38.1 Å². The van der Waals surface area contributed by atoms with E-state index in [9.17, 15) is 0 Å². The summed E-state index contributed by atoms with van der Waals surface area (Å²) in [5.41, 5.74) is 1.90. The molecule has 1 atom stereocenters. The third-order valence-corrected chi connectivity index (χ3v) is 3.50. The fraction of sp³-hybridized carbons (Fsp3) is 0.188. The van der Waals surface area contributed by atoms with Crippen LogP contribution in [-0.4, -0.2) is 4.98 Å². The van der Waals surface area contributed by atoms with Gasteiger partial charge in [0, 0.05) is 22.3 Å². The van der Waals surface area contributed by atoms with Crippen LogP contribution < -0.4 is 5.32 Å². The van der Waals surface area contributed by atoms with Crippen LogP contribution in [0.15, 0.2) is 47.0 Å². The highest BCUT2D eigenvalue weighted by molar-refractivity contribution is 6.31. The molecule has 0 spiro atoms. The van der Waals surface area contributed by atoms with Crippen molar-refractivity contribution >= 4 is 28.2 Å². The molecule has 0 amide bonds. The standard InChI is InChI=1S/C16H15ClN2O/c1-10-3-6-16(20-10)11(2)19-14-7-8-18-15-9-12(17)4-5-13(14)15/h3-9,11H,1-2H3,(H,18,19). The minimum absolute atomic E-state index is 0.0879. The van der Waals surface area contributed by atoms with E-state index >= 15 is 0 Å². The lowest BCUT2D eigenvalue weighted by molar-refractivity contribution is 0.467. The van der Waals surface area contributed by atoms with E-state index in [2.05, 4.69) is 17.2 Å². The van der Waals surface area contributed by atoms with E-state index in [-0.39, 0.29) is 6.04 Å². The molecular weight excluding hydrogens is 272 g/mol. The molecule has 0 fully saturated rings. The Morgan fingerprint density at radius 1 is 1.20 bits per heavy atom. The number of halogens is 1. The summed E-state index contributed by atoms with van der Waals surface area (Å²) in [5, 5.41) is 5.20. The minimum atomic E-state index is 0.0879. The smallest absolute Gasteiger partial charge is 0.126 e. The van der Waals surface area contributed by atoms with E-state index in [1.165, 1.54) is 0 Å². The van der Waals surface area contributed by atoms with Crippen molar-refractivity contribution in [1.29, 1.82) is 0 Å². The van der Waals surface area contributed by atoms with Gasteiger partial charge in [-0.2, -0.15) is 0 Å². The summed E-state index contributed by atoms with van der Waals surface area (Å²) >= 11 is 6.00. The zero-order chi connectivity index (χ0) is 14.1. The number of aryl methyl sites for hydroxylation is 1. The number of furan rings is 1. The van der Waals surface area contributed by atoms with Crippen LogP contribution >= 0.6 is 11.6 Å². The van der Waals surface area contributed by atoms with Gasteiger partial charge in [-0.1, -0.05) is 11.6 Å². The molecule has 0 aliphatic rings. The van der Waals surface area contributed by atoms with E-state index in [0.717, 1.165) is 28.1 Å². The Kier molecular flexibility index (Phi) is 3.36. The molecule has 102 valence electrons. The highest BCUT2D eigenvalue weighted by atomic mass is 35.5. The van der Waals surface area contributed by atoms with Gasteiger partial charge in [0.2, 0.25) is 0 Å². The van der Waals surface area contributed by atoms with Crippen LogP contribution in [0.25, 0.3) is 10.9 Å². The van der Waals surface area contributed by atoms with Gasteiger partial charge in [0.1, 0.15) is 11.5 Å². The van der Waals surface area contributed by atoms with Crippen molar-refractivity contribution in [3.63, 3.8) is 0 Å². The summed E-state index contributed by atoms with van der Waals surface area (Å²) in [4.78, 5) is 4.34. The molecule has 0 radical (unpaired) electrons. The third-order valence-electron chi connectivity index (χ3n) is 3.26. The maximum absolute atomic E-state index is 6.00. The lowest BCUT2D eigenvalue weighted by Gasteiger charge is -2.14. The molecule has 0 saturated carbocycles. The highest BCUT2D eigenvalue weighted by Crippen LogP contribution is 2.28. The molecule has 0 aliphatic carbocycles. The van der Waals surface area contributed by atoms with Crippen LogP contribution in [0, 0.1) is 6.92 Å². The van der Waals surface area contributed by atoms with Crippen LogP contribution in [0.1, 0.15) is 24.5 Å². The van der Waals surface area contributed by atoms with Crippen LogP contribution in [0.3, 0.4) is 0 Å². The second-order valence-electron chi connectivity index (χ2n) is 4.83. The normalized spacial score (nSPS) is 12.6. The molecular formula is C16H15ClN2O. The van der Waals surface area contributed by atoms with Crippen molar-refractivity contribution < 1.29 is 4.42 Å². The van der Waals surface area contributed by atoms with Crippen molar-refractivity contribution in [2.45, 2.75) is 19.9 Å². The van der Waals surface area contributed by atoms with E-state index in [1.807, 2.05) is 43.3 Å². The first-order valence-corrected chi connectivity index (χ1v) is 6.88. The van der Waals surface area contributed by atoms with Gasteiger partial charge in [0.25, 0.3) is 0 Å². The number of anilines is 1. The van der Waals surface area contributed by atoms with Gasteiger partial charge in [-0.3, -0.25) is 4.98 Å². The van der Waals surface area contributed by atoms with Crippen LogP contribution in [0.2, 0.25) is 5.02 Å². The van der Waals surface area contributed by atoms with Crippen molar-refractivity contribution in [3.05, 3.63) is 59.1 Å². The number of rotatable bonds is 3. The molecule has 1 aromatic carbocycles. The molecule has 3 aromatic rings. The summed E-state index contributed by atoms with van der Waals surface area (Å²) < 4.78 is 5.65. The Morgan fingerprint density at radius 2 is 2.05 bits per heavy atom. The monoisotopic (exact) mass is 286 g/mol. The van der Waals surface area contributed by atoms with E-state index in [1.54, 1.807) is 6.20 Å². The summed E-state index contributed by atoms with van der Waals surface area (Å²) in [5.74, 6) is 1.83. The highest BCUT2D eigenvalue weighted by Gasteiger charge is 2.11. The van der Waals surface area contributed by atoms with Crippen LogP contribution in [0.5, 0.6) is 0 Å². The maximum Gasteiger partial charge on any atom is 0.126 e. The van der Waals surface area contributed by atoms with E-state index < -0.39 is 0 Å². The second kappa shape index (κ2) is 5.17. The number of pyridine rings is 1. The zero-order valence-electron chi connectivity index (χ0n) is 11.4. The lowest BCUT2D eigenvalue weighted by Crippen LogP contribution is -2.06. The Hall–Kier alpha value is -2.00. The van der Waals surface area contributed by atoms with Gasteiger partial charge >= 0.3 is 0 Å². The van der Waals surface area contributed by atoms with Gasteiger partial charge in [-0.25, -0.2) is 0 Å². The predicted molar refractivity (Wildman–Crippen MR) is 82.2 cm³/mol. The zero-order valence-corrected chi connectivity index (χ0v) is 12.1. The number of fused-ring (bicyclic) bond motifs is 1. The number of hydrogen-bond acceptors (Lipinski definition) is 3. The largest absolute Gasteiger partial charge is 0.464 e. The average Bonchev–Trinajstić information content (AvgIpc) is 2.85. The molecule has 2 heterocycles. The van der Waals surface area contributed by atoms with Gasteiger partial charge in [-0.15, -0.1) is 0 Å². The number of nitrogens with one attached hydrogen (secondary N) is 1. The van der Waals surface area contributed by atoms with E-state index in [4.69, 9.17) is 16.0 Å². The molecule has 2 aromatic heterocycles. The number of aromatic nitrogens is 1. The fourth-order valence-electron chi connectivity index (χ4n) is 2.24. The Morgan fingerprint density at radius 3 is 2.80 bits per heavy atom. The molecule has 20 heavy (non-hydrogen) atoms. The molecule has 1 unspecified atom stereocenters. The summed E-state index contributed by atoms with van der Waals surface area (Å²) in [6.07, 6.45) is 1.78. The van der Waals surface area contributed by atoms with Crippen molar-refractivity contribution in [2.24, 2.45) is 0 Å². The molecule has 0 bridgehead atoms. The Balaban J connectivity index is 1.94.